The number of aliphatic hydroxyl groups is 7. The molecule has 110 valence electrons. The Bertz CT molecular complexity index is 210. The van der Waals surface area contributed by atoms with E-state index >= 15 is 0 Å². The van der Waals surface area contributed by atoms with Gasteiger partial charge in [0.05, 0.1) is 13.2 Å². The number of hydrogen-bond acceptors (Lipinski definition) is 8. The van der Waals surface area contributed by atoms with Gasteiger partial charge in [-0.1, -0.05) is 6.92 Å². The van der Waals surface area contributed by atoms with Crippen LogP contribution in [0.15, 0.2) is 0 Å². The molecule has 0 radical (unpaired) electrons. The second-order valence-corrected chi connectivity index (χ2v) is 3.99. The summed E-state index contributed by atoms with van der Waals surface area (Å²) >= 11 is 0. The maximum atomic E-state index is 9.73. The van der Waals surface area contributed by atoms with Crippen molar-refractivity contribution in [2.45, 2.75) is 37.6 Å². The first-order chi connectivity index (χ1) is 8.40. The maximum absolute atomic E-state index is 9.73. The smallest absolute Gasteiger partial charge is 0.136 e. The molecule has 0 saturated carbocycles. The van der Waals surface area contributed by atoms with Gasteiger partial charge in [-0.3, -0.25) is 4.90 Å². The minimum Gasteiger partial charge on any atom is -0.395 e. The number of rotatable bonds is 9. The molecule has 8 nitrogen and oxygen atoms in total. The molecule has 0 aromatic rings. The van der Waals surface area contributed by atoms with Crippen molar-refractivity contribution in [3.05, 3.63) is 0 Å². The van der Waals surface area contributed by atoms with Crippen LogP contribution in [-0.2, 0) is 0 Å². The van der Waals surface area contributed by atoms with Crippen molar-refractivity contribution in [3.63, 3.8) is 0 Å². The lowest BCUT2D eigenvalue weighted by Crippen LogP contribution is -2.55. The fourth-order valence-electron chi connectivity index (χ4n) is 1.54. The predicted octanol–water partition coefficient (Wildman–Crippen LogP) is -3.95. The van der Waals surface area contributed by atoms with Gasteiger partial charge in [-0.05, 0) is 6.54 Å². The van der Waals surface area contributed by atoms with Crippen LogP contribution in [0.3, 0.4) is 0 Å². The van der Waals surface area contributed by atoms with E-state index in [4.69, 9.17) is 15.3 Å². The molecule has 0 saturated heterocycles. The summed E-state index contributed by atoms with van der Waals surface area (Å²) in [5.41, 5.74) is 0. The van der Waals surface area contributed by atoms with Crippen LogP contribution in [0.25, 0.3) is 0 Å². The zero-order chi connectivity index (χ0) is 14.3. The quantitative estimate of drug-likeness (QED) is 0.210. The van der Waals surface area contributed by atoms with Crippen molar-refractivity contribution >= 4 is 0 Å². The maximum Gasteiger partial charge on any atom is 0.136 e. The minimum atomic E-state index is -1.82. The van der Waals surface area contributed by atoms with Crippen LogP contribution in [0.2, 0.25) is 0 Å². The fourth-order valence-corrected chi connectivity index (χ4v) is 1.54. The molecule has 0 aliphatic rings. The molecule has 8 heteroatoms. The molecule has 0 aliphatic carbocycles. The molecule has 0 amide bonds. The van der Waals surface area contributed by atoms with Gasteiger partial charge in [0.15, 0.2) is 0 Å². The first-order valence-electron chi connectivity index (χ1n) is 5.76. The molecule has 0 spiro atoms. The highest BCUT2D eigenvalue weighted by molar-refractivity contribution is 4.84. The lowest BCUT2D eigenvalue weighted by Gasteiger charge is -2.34. The summed E-state index contributed by atoms with van der Waals surface area (Å²) in [7, 11) is 0. The van der Waals surface area contributed by atoms with Crippen LogP contribution in [0, 0.1) is 0 Å². The van der Waals surface area contributed by atoms with Gasteiger partial charge in [0.25, 0.3) is 0 Å². The second kappa shape index (κ2) is 8.73. The van der Waals surface area contributed by atoms with Gasteiger partial charge < -0.3 is 35.7 Å². The summed E-state index contributed by atoms with van der Waals surface area (Å²) in [5.74, 6) is 0. The molecule has 0 aromatic heterocycles. The second-order valence-electron chi connectivity index (χ2n) is 3.99. The number of likely N-dealkylation sites (N-methyl/N-ethyl adjacent to an activating group) is 1. The molecule has 0 rings (SSSR count). The molecule has 0 heterocycles. The standard InChI is InChI=1S/C10H23NO7/c1-2-11(3-4-12)10(18)9(17)8(16)7(15)6(14)5-13/h6-10,12-18H,2-5H2,1H3/t6-,7-,8+,9+,10?/m1/s1. The predicted molar refractivity (Wildman–Crippen MR) is 61.5 cm³/mol. The molecule has 18 heavy (non-hydrogen) atoms. The molecule has 0 fully saturated rings. The van der Waals surface area contributed by atoms with Crippen LogP contribution >= 0.6 is 0 Å². The minimum absolute atomic E-state index is 0.0834. The molecule has 5 atom stereocenters. The van der Waals surface area contributed by atoms with E-state index in [0.717, 1.165) is 0 Å². The third-order valence-corrected chi connectivity index (χ3v) is 2.75. The van der Waals surface area contributed by atoms with Gasteiger partial charge in [-0.2, -0.15) is 0 Å². The average Bonchev–Trinajstić information content (AvgIpc) is 2.40. The van der Waals surface area contributed by atoms with Crippen molar-refractivity contribution in [1.82, 2.24) is 4.90 Å². The van der Waals surface area contributed by atoms with Crippen LogP contribution in [-0.4, -0.2) is 97.6 Å². The summed E-state index contributed by atoms with van der Waals surface area (Å²) in [5, 5.41) is 64.8. The molecule has 7 N–H and O–H groups in total. The fraction of sp³-hybridized carbons (Fsp3) is 1.00. The van der Waals surface area contributed by atoms with Crippen molar-refractivity contribution in [1.29, 1.82) is 0 Å². The van der Waals surface area contributed by atoms with E-state index in [-0.39, 0.29) is 13.2 Å². The third-order valence-electron chi connectivity index (χ3n) is 2.75. The average molecular weight is 269 g/mol. The van der Waals surface area contributed by atoms with Crippen LogP contribution in [0.1, 0.15) is 6.92 Å². The molecule has 0 aliphatic heterocycles. The van der Waals surface area contributed by atoms with E-state index in [1.165, 1.54) is 4.90 Å². The molecule has 0 bridgehead atoms. The van der Waals surface area contributed by atoms with E-state index in [0.29, 0.717) is 6.54 Å². The summed E-state index contributed by atoms with van der Waals surface area (Å²) in [6.45, 7) is 1.05. The Balaban J connectivity index is 4.55. The zero-order valence-corrected chi connectivity index (χ0v) is 10.3. The normalized spacial score (nSPS) is 20.5. The number of hydrogen-bond donors (Lipinski definition) is 7. The Hall–Kier alpha value is -0.320. The lowest BCUT2D eigenvalue weighted by atomic mass is 10.0. The van der Waals surface area contributed by atoms with E-state index < -0.39 is 37.3 Å². The first kappa shape index (κ1) is 17.7. The third kappa shape index (κ3) is 4.75. The van der Waals surface area contributed by atoms with Crippen molar-refractivity contribution < 1.29 is 35.7 Å². The van der Waals surface area contributed by atoms with Gasteiger partial charge in [0.1, 0.15) is 30.6 Å². The summed E-state index contributed by atoms with van der Waals surface area (Å²) in [6, 6.07) is 0. The SMILES string of the molecule is CCN(CCO)C(O)[C@@H](O)[C@@H](O)[C@H](O)[C@H](O)CO. The van der Waals surface area contributed by atoms with Crippen LogP contribution in [0.5, 0.6) is 0 Å². The van der Waals surface area contributed by atoms with E-state index in [9.17, 15) is 20.4 Å². The van der Waals surface area contributed by atoms with E-state index in [2.05, 4.69) is 0 Å². The number of aliphatic hydroxyl groups excluding tert-OH is 7. The molecule has 0 aromatic carbocycles. The Morgan fingerprint density at radius 2 is 1.44 bits per heavy atom. The van der Waals surface area contributed by atoms with E-state index in [1.807, 2.05) is 0 Å². The van der Waals surface area contributed by atoms with Crippen molar-refractivity contribution in [3.8, 4) is 0 Å². The van der Waals surface area contributed by atoms with Gasteiger partial charge in [0, 0.05) is 6.54 Å². The highest BCUT2D eigenvalue weighted by Gasteiger charge is 2.35. The lowest BCUT2D eigenvalue weighted by molar-refractivity contribution is -0.170. The van der Waals surface area contributed by atoms with Gasteiger partial charge in [-0.15, -0.1) is 0 Å². The zero-order valence-electron chi connectivity index (χ0n) is 10.3. The highest BCUT2D eigenvalue weighted by Crippen LogP contribution is 2.11. The Kier molecular flexibility index (Phi) is 8.57. The van der Waals surface area contributed by atoms with Crippen LogP contribution in [0.4, 0.5) is 0 Å². The van der Waals surface area contributed by atoms with E-state index in [1.54, 1.807) is 6.92 Å². The molecule has 1 unspecified atom stereocenters. The molecular formula is C10H23NO7. The monoisotopic (exact) mass is 269 g/mol. The summed E-state index contributed by atoms with van der Waals surface area (Å²) < 4.78 is 0. The Morgan fingerprint density at radius 3 is 1.83 bits per heavy atom. The number of nitrogens with zero attached hydrogens (tertiary/aromatic N) is 1. The van der Waals surface area contributed by atoms with Crippen molar-refractivity contribution in [2.75, 3.05) is 26.3 Å². The summed E-state index contributed by atoms with van der Waals surface area (Å²) in [6.07, 6.45) is -8.47. The van der Waals surface area contributed by atoms with Crippen LogP contribution < -0.4 is 0 Å². The highest BCUT2D eigenvalue weighted by atomic mass is 16.4. The van der Waals surface area contributed by atoms with Gasteiger partial charge in [0.2, 0.25) is 0 Å². The van der Waals surface area contributed by atoms with Crippen molar-refractivity contribution in [2.24, 2.45) is 0 Å². The molecular weight excluding hydrogens is 246 g/mol. The summed E-state index contributed by atoms with van der Waals surface area (Å²) in [4.78, 5) is 1.28. The first-order valence-corrected chi connectivity index (χ1v) is 5.76. The Morgan fingerprint density at radius 1 is 0.889 bits per heavy atom. The largest absolute Gasteiger partial charge is 0.395 e. The van der Waals surface area contributed by atoms with Gasteiger partial charge >= 0.3 is 0 Å². The topological polar surface area (TPSA) is 145 Å². The Labute approximate surface area is 105 Å². The van der Waals surface area contributed by atoms with Gasteiger partial charge in [-0.25, -0.2) is 0 Å².